The average molecular weight is 495 g/mol. The van der Waals surface area contributed by atoms with Gasteiger partial charge in [-0.25, -0.2) is 8.42 Å². The molecule has 0 aliphatic heterocycles. The highest BCUT2D eigenvalue weighted by molar-refractivity contribution is 7.89. The molecule has 7 nitrogen and oxygen atoms in total. The number of ether oxygens (including phenoxy) is 2. The Kier molecular flexibility index (Phi) is 8.62. The van der Waals surface area contributed by atoms with E-state index in [1.807, 2.05) is 24.3 Å². The number of hydrogen-bond donors (Lipinski definition) is 0. The number of rotatable bonds is 9. The molecule has 2 aromatic rings. The van der Waals surface area contributed by atoms with Crippen LogP contribution in [0, 0.1) is 0 Å². The van der Waals surface area contributed by atoms with Crippen LogP contribution in [0.2, 0.25) is 5.02 Å². The zero-order valence-corrected chi connectivity index (χ0v) is 20.9. The molecular formula is C24H31ClN2O5S. The van der Waals surface area contributed by atoms with Gasteiger partial charge in [-0.05, 0) is 48.7 Å². The van der Waals surface area contributed by atoms with Crippen LogP contribution >= 0.6 is 11.6 Å². The summed E-state index contributed by atoms with van der Waals surface area (Å²) in [6.07, 6.45) is 4.42. The maximum atomic E-state index is 13.6. The van der Waals surface area contributed by atoms with Crippen molar-refractivity contribution < 1.29 is 22.7 Å². The number of carbonyl (C=O) groups excluding carboxylic acids is 1. The molecule has 1 fully saturated rings. The van der Waals surface area contributed by atoms with Gasteiger partial charge in [0.2, 0.25) is 15.9 Å². The van der Waals surface area contributed by atoms with Crippen LogP contribution in [0.25, 0.3) is 0 Å². The number of halogens is 1. The highest BCUT2D eigenvalue weighted by atomic mass is 35.5. The van der Waals surface area contributed by atoms with Crippen molar-refractivity contribution in [1.29, 1.82) is 0 Å². The molecule has 1 aliphatic rings. The molecule has 33 heavy (non-hydrogen) atoms. The third-order valence-electron chi connectivity index (χ3n) is 6.01. The summed E-state index contributed by atoms with van der Waals surface area (Å²) < 4.78 is 38.9. The smallest absolute Gasteiger partial charge is 0.243 e. The quantitative estimate of drug-likeness (QED) is 0.518. The fourth-order valence-corrected chi connectivity index (χ4v) is 6.05. The number of likely N-dealkylation sites (N-methyl/N-ethyl adjacent to an activating group) is 1. The van der Waals surface area contributed by atoms with E-state index in [-0.39, 0.29) is 28.4 Å². The van der Waals surface area contributed by atoms with E-state index < -0.39 is 10.0 Å². The Bertz CT molecular complexity index is 1050. The zero-order valence-electron chi connectivity index (χ0n) is 19.3. The molecule has 0 unspecified atom stereocenters. The van der Waals surface area contributed by atoms with E-state index in [9.17, 15) is 13.2 Å². The van der Waals surface area contributed by atoms with E-state index >= 15 is 0 Å². The molecule has 0 aromatic heterocycles. The second-order valence-electron chi connectivity index (χ2n) is 8.24. The van der Waals surface area contributed by atoms with Crippen LogP contribution < -0.4 is 9.47 Å². The summed E-state index contributed by atoms with van der Waals surface area (Å²) in [6, 6.07) is 11.6. The van der Waals surface area contributed by atoms with Gasteiger partial charge >= 0.3 is 0 Å². The summed E-state index contributed by atoms with van der Waals surface area (Å²) in [4.78, 5) is 14.7. The van der Waals surface area contributed by atoms with Crippen molar-refractivity contribution in [2.75, 3.05) is 27.8 Å². The second kappa shape index (κ2) is 11.2. The van der Waals surface area contributed by atoms with Crippen molar-refractivity contribution >= 4 is 27.5 Å². The molecule has 1 aliphatic carbocycles. The highest BCUT2D eigenvalue weighted by Crippen LogP contribution is 2.32. The number of benzene rings is 2. The lowest BCUT2D eigenvalue weighted by molar-refractivity contribution is -0.131. The van der Waals surface area contributed by atoms with Gasteiger partial charge in [0, 0.05) is 19.6 Å². The molecule has 2 aromatic carbocycles. The minimum atomic E-state index is -3.93. The summed E-state index contributed by atoms with van der Waals surface area (Å²) in [5.74, 6) is 0.871. The Hall–Kier alpha value is -2.29. The lowest BCUT2D eigenvalue weighted by Gasteiger charge is -2.34. The van der Waals surface area contributed by atoms with Gasteiger partial charge in [0.1, 0.15) is 11.5 Å². The first-order valence-corrected chi connectivity index (χ1v) is 12.8. The zero-order chi connectivity index (χ0) is 24.0. The summed E-state index contributed by atoms with van der Waals surface area (Å²) in [5, 5.41) is 0.213. The predicted molar refractivity (Wildman–Crippen MR) is 128 cm³/mol. The van der Waals surface area contributed by atoms with Crippen molar-refractivity contribution in [3.63, 3.8) is 0 Å². The first kappa shape index (κ1) is 25.3. The van der Waals surface area contributed by atoms with Gasteiger partial charge in [0.15, 0.2) is 0 Å². The normalized spacial score (nSPS) is 14.8. The van der Waals surface area contributed by atoms with E-state index in [4.69, 9.17) is 21.1 Å². The molecule has 0 bridgehead atoms. The van der Waals surface area contributed by atoms with Crippen molar-refractivity contribution in [1.82, 2.24) is 9.21 Å². The van der Waals surface area contributed by atoms with Crippen molar-refractivity contribution in [2.45, 2.75) is 49.6 Å². The third-order valence-corrected chi connectivity index (χ3v) is 8.20. The summed E-state index contributed by atoms with van der Waals surface area (Å²) in [5.41, 5.74) is 0.931. The van der Waals surface area contributed by atoms with E-state index in [1.165, 1.54) is 29.6 Å². The maximum absolute atomic E-state index is 13.6. The van der Waals surface area contributed by atoms with E-state index in [0.29, 0.717) is 12.3 Å². The van der Waals surface area contributed by atoms with Crippen LogP contribution in [0.1, 0.15) is 37.7 Å². The molecule has 0 saturated heterocycles. The van der Waals surface area contributed by atoms with Crippen LogP contribution in [0.15, 0.2) is 47.4 Å². The first-order valence-electron chi connectivity index (χ1n) is 11.0. The summed E-state index contributed by atoms with van der Waals surface area (Å²) in [6.45, 7) is 0.152. The molecule has 0 N–H and O–H groups in total. The van der Waals surface area contributed by atoms with Gasteiger partial charge < -0.3 is 14.4 Å². The number of hydrogen-bond acceptors (Lipinski definition) is 5. The fraction of sp³-hybridized carbons (Fsp3) is 0.458. The maximum Gasteiger partial charge on any atom is 0.243 e. The number of sulfonamides is 1. The molecule has 180 valence electrons. The standard InChI is InChI=1S/C24H31ClN2O5S/c1-26(16-18-9-11-20(31-2)12-10-18)24(28)17-27(19-7-5-4-6-8-19)33(29,30)21-13-14-23(32-3)22(25)15-21/h9-15,19H,4-8,16-17H2,1-3H3. The monoisotopic (exact) mass is 494 g/mol. The van der Waals surface area contributed by atoms with E-state index in [1.54, 1.807) is 19.1 Å². The van der Waals surface area contributed by atoms with Gasteiger partial charge in [-0.3, -0.25) is 4.79 Å². The van der Waals surface area contributed by atoms with Gasteiger partial charge in [-0.2, -0.15) is 4.31 Å². The van der Waals surface area contributed by atoms with Gasteiger partial charge in [-0.15, -0.1) is 0 Å². The molecule has 0 heterocycles. The summed E-state index contributed by atoms with van der Waals surface area (Å²) >= 11 is 6.20. The number of nitrogens with zero attached hydrogens (tertiary/aromatic N) is 2. The summed E-state index contributed by atoms with van der Waals surface area (Å²) in [7, 11) is 0.825. The first-order chi connectivity index (χ1) is 15.8. The molecular weight excluding hydrogens is 464 g/mol. The van der Waals surface area contributed by atoms with Crippen molar-refractivity contribution in [3.8, 4) is 11.5 Å². The van der Waals surface area contributed by atoms with Crippen molar-refractivity contribution in [2.24, 2.45) is 0 Å². The van der Waals surface area contributed by atoms with E-state index in [0.717, 1.165) is 43.4 Å². The Balaban J connectivity index is 1.82. The second-order valence-corrected chi connectivity index (χ2v) is 10.5. The molecule has 1 saturated carbocycles. The van der Waals surface area contributed by atoms with Crippen LogP contribution in [0.4, 0.5) is 0 Å². The van der Waals surface area contributed by atoms with Crippen molar-refractivity contribution in [3.05, 3.63) is 53.1 Å². The topological polar surface area (TPSA) is 76.2 Å². The SMILES string of the molecule is COc1ccc(CN(C)C(=O)CN(C2CCCCC2)S(=O)(=O)c2ccc(OC)c(Cl)c2)cc1. The van der Waals surface area contributed by atoms with Crippen LogP contribution in [-0.2, 0) is 21.4 Å². The van der Waals surface area contributed by atoms with E-state index in [2.05, 4.69) is 0 Å². The fourth-order valence-electron chi connectivity index (χ4n) is 4.07. The third kappa shape index (κ3) is 6.19. The van der Waals surface area contributed by atoms with Crippen LogP contribution in [0.3, 0.4) is 0 Å². The minimum absolute atomic E-state index is 0.0597. The number of carbonyl (C=O) groups is 1. The highest BCUT2D eigenvalue weighted by Gasteiger charge is 2.35. The number of amides is 1. The van der Waals surface area contributed by atoms with Gasteiger partial charge in [0.05, 0.1) is 30.7 Å². The predicted octanol–water partition coefficient (Wildman–Crippen LogP) is 4.34. The molecule has 0 spiro atoms. The Morgan fingerprint density at radius 1 is 1.03 bits per heavy atom. The Morgan fingerprint density at radius 2 is 1.70 bits per heavy atom. The molecule has 3 rings (SSSR count). The largest absolute Gasteiger partial charge is 0.497 e. The molecule has 1 amide bonds. The lowest BCUT2D eigenvalue weighted by atomic mass is 9.95. The average Bonchev–Trinajstić information content (AvgIpc) is 2.83. The Labute approximate surface area is 201 Å². The minimum Gasteiger partial charge on any atom is -0.497 e. The molecule has 0 radical (unpaired) electrons. The molecule has 0 atom stereocenters. The van der Waals surface area contributed by atoms with Crippen LogP contribution in [-0.4, -0.2) is 57.4 Å². The number of methoxy groups -OCH3 is 2. The molecule has 9 heteroatoms. The van der Waals surface area contributed by atoms with Gasteiger partial charge in [-0.1, -0.05) is 43.0 Å². The Morgan fingerprint density at radius 3 is 2.27 bits per heavy atom. The lowest BCUT2D eigenvalue weighted by Crippen LogP contribution is -2.47. The van der Waals surface area contributed by atoms with Crippen LogP contribution in [0.5, 0.6) is 11.5 Å². The van der Waals surface area contributed by atoms with Gasteiger partial charge in [0.25, 0.3) is 0 Å².